The molecule has 0 aliphatic heterocycles. The molecule has 55 heavy (non-hydrogen) atoms. The van der Waals surface area contributed by atoms with Crippen LogP contribution in [-0.2, 0) is 22.4 Å². The van der Waals surface area contributed by atoms with E-state index in [2.05, 4.69) is 67.7 Å². The van der Waals surface area contributed by atoms with Crippen molar-refractivity contribution in [3.8, 4) is 11.1 Å². The van der Waals surface area contributed by atoms with E-state index in [0.29, 0.717) is 64.1 Å². The third-order valence-electron chi connectivity index (χ3n) is 9.17. The second-order valence-corrected chi connectivity index (χ2v) is 14.8. The van der Waals surface area contributed by atoms with E-state index in [-0.39, 0.29) is 18.9 Å². The number of aliphatic hydroxyl groups excluding tert-OH is 5. The topological polar surface area (TPSA) is 252 Å². The fourth-order valence-corrected chi connectivity index (χ4v) is 6.07. The number of hydrogen-bond donors (Lipinski definition) is 9. The zero-order chi connectivity index (χ0) is 40.2. The van der Waals surface area contributed by atoms with E-state index >= 15 is 0 Å². The van der Waals surface area contributed by atoms with Gasteiger partial charge in [0, 0.05) is 26.1 Å². The van der Waals surface area contributed by atoms with Crippen molar-refractivity contribution >= 4 is 12.0 Å². The summed E-state index contributed by atoms with van der Waals surface area (Å²) in [4.78, 5) is 27.9. The Morgan fingerprint density at radius 1 is 0.855 bits per heavy atom. The van der Waals surface area contributed by atoms with Crippen LogP contribution >= 0.6 is 0 Å². The van der Waals surface area contributed by atoms with Gasteiger partial charge in [0.15, 0.2) is 5.82 Å². The predicted octanol–water partition coefficient (Wildman–Crippen LogP) is 1.76. The third-order valence-corrected chi connectivity index (χ3v) is 9.17. The number of carbonyl (C=O) groups excluding carboxylic acids is 2. The first-order valence-electron chi connectivity index (χ1n) is 19.2. The van der Waals surface area contributed by atoms with Gasteiger partial charge in [-0.15, -0.1) is 5.10 Å². The number of nitrogens with two attached hydrogens (primary N) is 1. The number of carbonyl (C=O) groups is 2. The highest BCUT2D eigenvalue weighted by Crippen LogP contribution is 2.26. The second kappa shape index (κ2) is 23.8. The Bertz CT molecular complexity index is 1510. The van der Waals surface area contributed by atoms with Crippen LogP contribution in [0.3, 0.4) is 0 Å². The van der Waals surface area contributed by atoms with Crippen molar-refractivity contribution in [3.63, 3.8) is 0 Å². The normalized spacial score (nSPS) is 14.5. The Kier molecular flexibility index (Phi) is 19.6. The van der Waals surface area contributed by atoms with Gasteiger partial charge in [-0.1, -0.05) is 48.5 Å². The molecular weight excluding hydrogens is 708 g/mol. The summed E-state index contributed by atoms with van der Waals surface area (Å²) < 4.78 is 5.32. The molecule has 0 fully saturated rings. The Morgan fingerprint density at radius 3 is 2.07 bits per heavy atom. The predicted molar refractivity (Wildman–Crippen MR) is 208 cm³/mol. The SMILES string of the molecule is CC(C)(C)OC(=O)NCCCC[C@@H](c1nnn[nH]1)N(CCCNC[C@H](O)[C@@H](O)[C@H](O)[C@H](O)CO)C(=O)CCc1ccc(-c2ccc(CCCCN)cc2)cc1. The molecule has 0 radical (unpaired) electrons. The average molecular weight is 771 g/mol. The van der Waals surface area contributed by atoms with Crippen molar-refractivity contribution < 1.29 is 39.9 Å². The molecule has 0 unspecified atom stereocenters. The third kappa shape index (κ3) is 16.3. The van der Waals surface area contributed by atoms with Crippen molar-refractivity contribution in [1.29, 1.82) is 0 Å². The molecular formula is C39H62N8O8. The standard InChI is InChI=1S/C39H62N8O8/c1-39(2,3)55-38(54)42-23-7-5-10-31(37-43-45-46-44-37)47(24-8-22-41-25-32(49)35(52)36(53)33(50)26-48)34(51)20-15-28-13-18-30(19-14-28)29-16-11-27(12-17-29)9-4-6-21-40/h11-14,16-19,31-33,35-36,41,48-50,52-53H,4-10,15,20-26,40H2,1-3H3,(H,42,54)(H,43,44,45,46)/t31-,32-,33+,35+,36+/m0/s1. The molecule has 0 spiro atoms. The minimum absolute atomic E-state index is 0.0979. The number of aryl methyl sites for hydroxylation is 2. The van der Waals surface area contributed by atoms with Crippen LogP contribution in [0.2, 0.25) is 0 Å². The fourth-order valence-electron chi connectivity index (χ4n) is 6.07. The van der Waals surface area contributed by atoms with Crippen LogP contribution in [0.1, 0.15) is 88.7 Å². The van der Waals surface area contributed by atoms with Gasteiger partial charge in [0.2, 0.25) is 5.91 Å². The molecule has 0 aliphatic rings. The van der Waals surface area contributed by atoms with Crippen LogP contribution in [0.5, 0.6) is 0 Å². The number of rotatable bonds is 25. The summed E-state index contributed by atoms with van der Waals surface area (Å²) in [6.45, 7) is 6.29. The van der Waals surface area contributed by atoms with Gasteiger partial charge in [0.25, 0.3) is 0 Å². The number of ether oxygens (including phenoxy) is 1. The van der Waals surface area contributed by atoms with Crippen molar-refractivity contribution in [1.82, 2.24) is 36.2 Å². The maximum absolute atomic E-state index is 14.0. The van der Waals surface area contributed by atoms with Crippen molar-refractivity contribution in [2.75, 3.05) is 39.3 Å². The van der Waals surface area contributed by atoms with Gasteiger partial charge >= 0.3 is 6.09 Å². The molecule has 5 atom stereocenters. The van der Waals surface area contributed by atoms with E-state index < -0.39 is 48.8 Å². The van der Waals surface area contributed by atoms with Gasteiger partial charge in [0.05, 0.1) is 18.8 Å². The quantitative estimate of drug-likeness (QED) is 0.0558. The van der Waals surface area contributed by atoms with Crippen molar-refractivity contribution in [2.45, 2.75) is 115 Å². The molecule has 1 heterocycles. The molecule has 0 aliphatic carbocycles. The molecule has 10 N–H and O–H groups in total. The number of nitrogens with zero attached hydrogens (tertiary/aromatic N) is 4. The molecule has 0 saturated carbocycles. The molecule has 306 valence electrons. The van der Waals surface area contributed by atoms with Gasteiger partial charge < -0.3 is 51.5 Å². The fraction of sp³-hybridized carbons (Fsp3) is 0.615. The van der Waals surface area contributed by atoms with E-state index in [9.17, 15) is 30.0 Å². The van der Waals surface area contributed by atoms with E-state index in [4.69, 9.17) is 15.6 Å². The molecule has 1 aromatic heterocycles. The van der Waals surface area contributed by atoms with Crippen LogP contribution in [0.25, 0.3) is 11.1 Å². The largest absolute Gasteiger partial charge is 0.444 e. The van der Waals surface area contributed by atoms with Crippen molar-refractivity contribution in [3.05, 3.63) is 65.5 Å². The number of aliphatic hydroxyl groups is 5. The molecule has 0 bridgehead atoms. The summed E-state index contributed by atoms with van der Waals surface area (Å²) in [6, 6.07) is 16.3. The highest BCUT2D eigenvalue weighted by atomic mass is 16.6. The Balaban J connectivity index is 1.65. The molecule has 3 aromatic rings. The van der Waals surface area contributed by atoms with Crippen LogP contribution in [0.15, 0.2) is 48.5 Å². The van der Waals surface area contributed by atoms with Crippen molar-refractivity contribution in [2.24, 2.45) is 5.73 Å². The maximum atomic E-state index is 14.0. The number of H-pyrrole nitrogens is 1. The minimum atomic E-state index is -1.72. The van der Waals surface area contributed by atoms with E-state index in [1.165, 1.54) is 5.56 Å². The first kappa shape index (κ1) is 45.4. The number of unbranched alkanes of at least 4 members (excludes halogenated alkanes) is 2. The number of aromatic nitrogens is 4. The number of amides is 2. The molecule has 0 saturated heterocycles. The lowest BCUT2D eigenvalue weighted by atomic mass is 9.99. The molecule has 16 heteroatoms. The Morgan fingerprint density at radius 2 is 1.49 bits per heavy atom. The summed E-state index contributed by atoms with van der Waals surface area (Å²) in [5, 5.41) is 69.2. The first-order chi connectivity index (χ1) is 26.3. The van der Waals surface area contributed by atoms with Crippen LogP contribution in [-0.4, -0.2) is 132 Å². The summed E-state index contributed by atoms with van der Waals surface area (Å²) in [5.41, 5.74) is 9.54. The second-order valence-electron chi connectivity index (χ2n) is 14.8. The zero-order valence-electron chi connectivity index (χ0n) is 32.4. The Labute approximate surface area is 323 Å². The number of hydrogen-bond acceptors (Lipinski definition) is 13. The minimum Gasteiger partial charge on any atom is -0.444 e. The average Bonchev–Trinajstić information content (AvgIpc) is 3.71. The van der Waals surface area contributed by atoms with Gasteiger partial charge in [-0.2, -0.15) is 0 Å². The number of benzene rings is 2. The van der Waals surface area contributed by atoms with E-state index in [0.717, 1.165) is 36.0 Å². The molecule has 2 amide bonds. The lowest BCUT2D eigenvalue weighted by Crippen LogP contribution is -2.49. The van der Waals surface area contributed by atoms with Gasteiger partial charge in [-0.3, -0.25) is 4.79 Å². The van der Waals surface area contributed by atoms with Crippen LogP contribution in [0, 0.1) is 0 Å². The maximum Gasteiger partial charge on any atom is 0.407 e. The summed E-state index contributed by atoms with van der Waals surface area (Å²) in [6.07, 6.45) is -0.794. The van der Waals surface area contributed by atoms with Gasteiger partial charge in [0.1, 0.15) is 23.9 Å². The van der Waals surface area contributed by atoms with Crippen LogP contribution < -0.4 is 16.4 Å². The summed E-state index contributed by atoms with van der Waals surface area (Å²) >= 11 is 0. The Hall–Kier alpha value is -4.03. The lowest BCUT2D eigenvalue weighted by molar-refractivity contribution is -0.134. The summed E-state index contributed by atoms with van der Waals surface area (Å²) in [7, 11) is 0. The summed E-state index contributed by atoms with van der Waals surface area (Å²) in [5.74, 6) is 0.338. The zero-order valence-corrected chi connectivity index (χ0v) is 32.4. The van der Waals surface area contributed by atoms with E-state index in [1.54, 1.807) is 25.7 Å². The molecule has 2 aromatic carbocycles. The van der Waals surface area contributed by atoms with Crippen LogP contribution in [0.4, 0.5) is 4.79 Å². The molecule has 3 rings (SSSR count). The lowest BCUT2D eigenvalue weighted by Gasteiger charge is -2.31. The van der Waals surface area contributed by atoms with Gasteiger partial charge in [-0.05, 0) is 118 Å². The smallest absolute Gasteiger partial charge is 0.407 e. The highest BCUT2D eigenvalue weighted by Gasteiger charge is 2.30. The number of nitrogens with one attached hydrogen (secondary N) is 3. The number of aromatic amines is 1. The highest BCUT2D eigenvalue weighted by molar-refractivity contribution is 5.77. The first-order valence-corrected chi connectivity index (χ1v) is 19.2. The van der Waals surface area contributed by atoms with E-state index in [1.807, 2.05) is 12.1 Å². The van der Waals surface area contributed by atoms with Gasteiger partial charge in [-0.25, -0.2) is 9.89 Å². The molecule has 16 nitrogen and oxygen atoms in total. The monoisotopic (exact) mass is 770 g/mol. The number of alkyl carbamates (subject to hydrolysis) is 1. The number of tetrazole rings is 1.